The van der Waals surface area contributed by atoms with Crippen molar-refractivity contribution in [3.05, 3.63) is 0 Å². The summed E-state index contributed by atoms with van der Waals surface area (Å²) in [5.41, 5.74) is 0. The standard InChI is InChI=1S/C12H22O3/c1-14-12-15-11-9-7-5-3-2-4-6-8-10-13/h13H,2-3,5,7-12H2,1H3. The Morgan fingerprint density at radius 2 is 1.73 bits per heavy atom. The third kappa shape index (κ3) is 13.4. The van der Waals surface area contributed by atoms with Gasteiger partial charge in [-0.05, 0) is 12.8 Å². The number of hydrogen-bond acceptors (Lipinski definition) is 3. The maximum absolute atomic E-state index is 8.48. The predicted molar refractivity (Wildman–Crippen MR) is 60.4 cm³/mol. The van der Waals surface area contributed by atoms with Gasteiger partial charge in [-0.15, -0.1) is 11.8 Å². The summed E-state index contributed by atoms with van der Waals surface area (Å²) in [6, 6.07) is 0. The first-order valence-corrected chi connectivity index (χ1v) is 5.55. The fourth-order valence-corrected chi connectivity index (χ4v) is 1.15. The summed E-state index contributed by atoms with van der Waals surface area (Å²) in [6.07, 6.45) is 6.16. The van der Waals surface area contributed by atoms with Crippen LogP contribution in [0.1, 0.15) is 38.5 Å². The second-order valence-electron chi connectivity index (χ2n) is 3.31. The quantitative estimate of drug-likeness (QED) is 0.362. The number of aliphatic hydroxyl groups is 1. The molecule has 0 fully saturated rings. The van der Waals surface area contributed by atoms with Gasteiger partial charge in [-0.25, -0.2) is 0 Å². The van der Waals surface area contributed by atoms with E-state index in [0.717, 1.165) is 25.9 Å². The lowest BCUT2D eigenvalue weighted by molar-refractivity contribution is -0.0315. The largest absolute Gasteiger partial charge is 0.395 e. The van der Waals surface area contributed by atoms with E-state index in [-0.39, 0.29) is 6.61 Å². The van der Waals surface area contributed by atoms with Gasteiger partial charge < -0.3 is 14.6 Å². The van der Waals surface area contributed by atoms with Crippen LogP contribution in [0, 0.1) is 11.8 Å². The molecular formula is C12H22O3. The van der Waals surface area contributed by atoms with Crippen LogP contribution in [0.4, 0.5) is 0 Å². The van der Waals surface area contributed by atoms with Crippen molar-refractivity contribution in [1.29, 1.82) is 0 Å². The molecule has 88 valence electrons. The second-order valence-corrected chi connectivity index (χ2v) is 3.31. The highest BCUT2D eigenvalue weighted by atomic mass is 16.7. The fraction of sp³-hybridized carbons (Fsp3) is 0.833. The molecule has 0 spiro atoms. The Bertz CT molecular complexity index is 169. The van der Waals surface area contributed by atoms with Crippen molar-refractivity contribution in [2.24, 2.45) is 0 Å². The lowest BCUT2D eigenvalue weighted by Gasteiger charge is -2.01. The highest BCUT2D eigenvalue weighted by Crippen LogP contribution is 2.02. The summed E-state index contributed by atoms with van der Waals surface area (Å²) in [5.74, 6) is 5.95. The molecule has 0 saturated carbocycles. The molecule has 0 rings (SSSR count). The SMILES string of the molecule is COCOCCCCCCC#CCCO. The van der Waals surface area contributed by atoms with E-state index < -0.39 is 0 Å². The van der Waals surface area contributed by atoms with E-state index in [0.29, 0.717) is 13.2 Å². The van der Waals surface area contributed by atoms with E-state index in [2.05, 4.69) is 11.8 Å². The molecule has 0 atom stereocenters. The zero-order valence-electron chi connectivity index (χ0n) is 9.63. The van der Waals surface area contributed by atoms with E-state index in [1.165, 1.54) is 12.8 Å². The molecule has 0 aromatic carbocycles. The Balaban J connectivity index is 2.96. The Hall–Kier alpha value is -0.560. The smallest absolute Gasteiger partial charge is 0.146 e. The molecule has 0 bridgehead atoms. The lowest BCUT2D eigenvalue weighted by Crippen LogP contribution is -1.98. The van der Waals surface area contributed by atoms with Gasteiger partial charge in [0.15, 0.2) is 0 Å². The Labute approximate surface area is 92.8 Å². The molecule has 0 heterocycles. The van der Waals surface area contributed by atoms with Crippen LogP contribution in [0.5, 0.6) is 0 Å². The molecule has 0 amide bonds. The van der Waals surface area contributed by atoms with Crippen LogP contribution in [-0.2, 0) is 9.47 Å². The highest BCUT2D eigenvalue weighted by molar-refractivity contribution is 4.98. The van der Waals surface area contributed by atoms with Gasteiger partial charge in [0.05, 0.1) is 6.61 Å². The molecule has 0 unspecified atom stereocenters. The van der Waals surface area contributed by atoms with Crippen LogP contribution >= 0.6 is 0 Å². The summed E-state index contributed by atoms with van der Waals surface area (Å²) >= 11 is 0. The Kier molecular flexibility index (Phi) is 12.9. The molecule has 3 nitrogen and oxygen atoms in total. The molecular weight excluding hydrogens is 192 g/mol. The molecule has 1 N–H and O–H groups in total. The van der Waals surface area contributed by atoms with Gasteiger partial charge in [0.25, 0.3) is 0 Å². The molecule has 0 saturated heterocycles. The van der Waals surface area contributed by atoms with Crippen LogP contribution < -0.4 is 0 Å². The van der Waals surface area contributed by atoms with Crippen molar-refractivity contribution in [1.82, 2.24) is 0 Å². The number of unbranched alkanes of at least 4 members (excludes halogenated alkanes) is 4. The highest BCUT2D eigenvalue weighted by Gasteiger charge is 1.89. The number of rotatable bonds is 9. The maximum Gasteiger partial charge on any atom is 0.146 e. The first-order valence-electron chi connectivity index (χ1n) is 5.55. The minimum Gasteiger partial charge on any atom is -0.395 e. The zero-order valence-corrected chi connectivity index (χ0v) is 9.63. The Morgan fingerprint density at radius 1 is 1.00 bits per heavy atom. The second kappa shape index (κ2) is 13.4. The van der Waals surface area contributed by atoms with Crippen LogP contribution in [0.15, 0.2) is 0 Å². The van der Waals surface area contributed by atoms with Gasteiger partial charge in [0.2, 0.25) is 0 Å². The van der Waals surface area contributed by atoms with E-state index in [4.69, 9.17) is 14.6 Å². The van der Waals surface area contributed by atoms with Crippen LogP contribution in [-0.4, -0.2) is 32.2 Å². The third-order valence-electron chi connectivity index (χ3n) is 1.90. The minimum atomic E-state index is 0.170. The van der Waals surface area contributed by atoms with Crippen molar-refractivity contribution in [2.75, 3.05) is 27.1 Å². The van der Waals surface area contributed by atoms with Gasteiger partial charge in [-0.1, -0.05) is 12.8 Å². The fourth-order valence-electron chi connectivity index (χ4n) is 1.15. The molecule has 0 radical (unpaired) electrons. The van der Waals surface area contributed by atoms with Crippen LogP contribution in [0.3, 0.4) is 0 Å². The van der Waals surface area contributed by atoms with E-state index >= 15 is 0 Å². The molecule has 0 aromatic rings. The maximum atomic E-state index is 8.48. The number of methoxy groups -OCH3 is 1. The lowest BCUT2D eigenvalue weighted by atomic mass is 10.1. The summed E-state index contributed by atoms with van der Waals surface area (Å²) in [6.45, 7) is 1.35. The summed E-state index contributed by atoms with van der Waals surface area (Å²) < 4.78 is 9.93. The van der Waals surface area contributed by atoms with E-state index in [1.54, 1.807) is 7.11 Å². The molecule has 0 aliphatic carbocycles. The van der Waals surface area contributed by atoms with Crippen molar-refractivity contribution in [3.8, 4) is 11.8 Å². The summed E-state index contributed by atoms with van der Waals surface area (Å²) in [4.78, 5) is 0. The number of ether oxygens (including phenoxy) is 2. The van der Waals surface area contributed by atoms with Gasteiger partial charge in [0.1, 0.15) is 6.79 Å². The van der Waals surface area contributed by atoms with Crippen molar-refractivity contribution in [3.63, 3.8) is 0 Å². The van der Waals surface area contributed by atoms with Gasteiger partial charge in [0, 0.05) is 26.6 Å². The molecule has 0 aliphatic heterocycles. The van der Waals surface area contributed by atoms with Gasteiger partial charge >= 0.3 is 0 Å². The zero-order chi connectivity index (χ0) is 11.2. The molecule has 15 heavy (non-hydrogen) atoms. The number of hydrogen-bond donors (Lipinski definition) is 1. The minimum absolute atomic E-state index is 0.170. The van der Waals surface area contributed by atoms with Crippen LogP contribution in [0.2, 0.25) is 0 Å². The monoisotopic (exact) mass is 214 g/mol. The molecule has 0 aromatic heterocycles. The van der Waals surface area contributed by atoms with Crippen LogP contribution in [0.25, 0.3) is 0 Å². The van der Waals surface area contributed by atoms with Gasteiger partial charge in [-0.2, -0.15) is 0 Å². The third-order valence-corrected chi connectivity index (χ3v) is 1.90. The average Bonchev–Trinajstić information content (AvgIpc) is 2.26. The first kappa shape index (κ1) is 14.4. The number of aliphatic hydroxyl groups excluding tert-OH is 1. The average molecular weight is 214 g/mol. The predicted octanol–water partition coefficient (Wildman–Crippen LogP) is 1.94. The normalized spacial score (nSPS) is 9.73. The Morgan fingerprint density at radius 3 is 2.47 bits per heavy atom. The van der Waals surface area contributed by atoms with Gasteiger partial charge in [-0.3, -0.25) is 0 Å². The topological polar surface area (TPSA) is 38.7 Å². The summed E-state index contributed by atoms with van der Waals surface area (Å²) in [5, 5.41) is 8.48. The van der Waals surface area contributed by atoms with Crippen molar-refractivity contribution >= 4 is 0 Å². The van der Waals surface area contributed by atoms with E-state index in [1.807, 2.05) is 0 Å². The van der Waals surface area contributed by atoms with Crippen molar-refractivity contribution in [2.45, 2.75) is 38.5 Å². The molecule has 0 aliphatic rings. The molecule has 3 heteroatoms. The van der Waals surface area contributed by atoms with Crippen molar-refractivity contribution < 1.29 is 14.6 Å². The van der Waals surface area contributed by atoms with E-state index in [9.17, 15) is 0 Å². The first-order chi connectivity index (χ1) is 7.41. The summed E-state index contributed by atoms with van der Waals surface area (Å²) in [7, 11) is 1.63.